The molecule has 4 amide bonds. The molecule has 1 saturated carbocycles. The van der Waals surface area contributed by atoms with E-state index in [0.29, 0.717) is 11.2 Å². The Morgan fingerprint density at radius 1 is 1.23 bits per heavy atom. The van der Waals surface area contributed by atoms with Gasteiger partial charge in [0.15, 0.2) is 17.1 Å². The normalized spacial score (nSPS) is 20.4. The van der Waals surface area contributed by atoms with Gasteiger partial charge in [0.05, 0.1) is 0 Å². The lowest BCUT2D eigenvalue weighted by molar-refractivity contribution is -0.662. The second kappa shape index (κ2) is 11.6. The van der Waals surface area contributed by atoms with Gasteiger partial charge < -0.3 is 32.5 Å². The number of carboxylic acid groups (broad SMARTS) is 1. The summed E-state index contributed by atoms with van der Waals surface area (Å²) in [5, 5.41) is 22.9. The lowest BCUT2D eigenvalue weighted by atomic mass is 10.0. The average molecular weight is 644 g/mol. The van der Waals surface area contributed by atoms with E-state index in [0.717, 1.165) is 42.1 Å². The molecule has 6 rings (SSSR count). The molecule has 44 heavy (non-hydrogen) atoms. The number of aromatic nitrogens is 5. The predicted octanol–water partition coefficient (Wildman–Crippen LogP) is -0.770. The molecule has 1 aliphatic carbocycles. The monoisotopic (exact) mass is 643 g/mol. The molecule has 5 heterocycles. The van der Waals surface area contributed by atoms with E-state index in [9.17, 15) is 24.3 Å². The van der Waals surface area contributed by atoms with Gasteiger partial charge >= 0.3 is 17.6 Å². The van der Waals surface area contributed by atoms with E-state index in [1.54, 1.807) is 16.7 Å². The van der Waals surface area contributed by atoms with Crippen molar-refractivity contribution in [3.8, 4) is 0 Å². The molecule has 3 aromatic heterocycles. The number of carbonyl (C=O) groups is 4. The number of β-lactam (4-membered cyclic amide) rings is 1. The van der Waals surface area contributed by atoms with E-state index in [2.05, 4.69) is 30.2 Å². The van der Waals surface area contributed by atoms with Crippen molar-refractivity contribution in [3.63, 3.8) is 0 Å². The van der Waals surface area contributed by atoms with Gasteiger partial charge in [0, 0.05) is 28.9 Å². The van der Waals surface area contributed by atoms with Gasteiger partial charge in [-0.3, -0.25) is 19.8 Å². The number of imidazole rings is 1. The molecular weight excluding hydrogens is 616 g/mol. The third-order valence-corrected chi connectivity index (χ3v) is 9.13. The molecular formula is C24H27N12O6S2+. The average Bonchev–Trinajstić information content (AvgIpc) is 3.73. The summed E-state index contributed by atoms with van der Waals surface area (Å²) in [7, 11) is 0. The standard InChI is InChI=1S/C24H26N12O6S2/c25-12-5-6-14-34(8-13(28-23(26)41)36(14)31-12)7-10-9-43-21-16(20(38)35(21)17(10)22(39)40)29-19(37)15(18-30-24(27)44-33-18)32-42-11-3-1-2-4-11/h5-6,8,11,16,21H,1-4,7,9H2,(H8-,25,26,27,28,29,30,31,33,37,39,40,41)/p+1/b32-15-/t16-,21-/m1/s1. The molecule has 2 aliphatic heterocycles. The van der Waals surface area contributed by atoms with Crippen LogP contribution in [0.2, 0.25) is 0 Å². The van der Waals surface area contributed by atoms with Crippen molar-refractivity contribution >= 4 is 75.2 Å². The number of hydrogen-bond donors (Lipinski definition) is 6. The number of rotatable bonds is 9. The van der Waals surface area contributed by atoms with E-state index in [1.807, 2.05) is 0 Å². The van der Waals surface area contributed by atoms with Gasteiger partial charge in [0.25, 0.3) is 17.6 Å². The highest BCUT2D eigenvalue weighted by Crippen LogP contribution is 2.40. The van der Waals surface area contributed by atoms with Gasteiger partial charge in [-0.15, -0.1) is 11.8 Å². The molecule has 3 aliphatic rings. The number of fused-ring (bicyclic) bond motifs is 2. The highest BCUT2D eigenvalue weighted by atomic mass is 32.2. The van der Waals surface area contributed by atoms with Gasteiger partial charge in [-0.05, 0) is 31.7 Å². The lowest BCUT2D eigenvalue weighted by Gasteiger charge is -2.49. The summed E-state index contributed by atoms with van der Waals surface area (Å²) < 4.78 is 7.08. The van der Waals surface area contributed by atoms with Crippen LogP contribution in [0.1, 0.15) is 31.5 Å². The number of nitrogens with two attached hydrogens (primary N) is 3. The van der Waals surface area contributed by atoms with Gasteiger partial charge in [0.2, 0.25) is 11.5 Å². The van der Waals surface area contributed by atoms with Crippen LogP contribution >= 0.6 is 23.3 Å². The first-order valence-electron chi connectivity index (χ1n) is 13.4. The Hall–Kier alpha value is -4.98. The minimum Gasteiger partial charge on any atom is -0.477 e. The van der Waals surface area contributed by atoms with Gasteiger partial charge in [0.1, 0.15) is 29.8 Å². The van der Waals surface area contributed by atoms with Crippen LogP contribution in [0.3, 0.4) is 0 Å². The quantitative estimate of drug-likeness (QED) is 0.0727. The van der Waals surface area contributed by atoms with Crippen molar-refractivity contribution in [2.75, 3.05) is 22.5 Å². The first-order valence-corrected chi connectivity index (χ1v) is 15.2. The van der Waals surface area contributed by atoms with Crippen LogP contribution in [0, 0.1) is 0 Å². The molecule has 1 saturated heterocycles. The van der Waals surface area contributed by atoms with Gasteiger partial charge in [-0.1, -0.05) is 14.8 Å². The largest absolute Gasteiger partial charge is 0.477 e. The molecule has 20 heteroatoms. The Morgan fingerprint density at radius 3 is 2.68 bits per heavy atom. The molecule has 2 atom stereocenters. The highest BCUT2D eigenvalue weighted by Gasteiger charge is 2.54. The molecule has 0 radical (unpaired) electrons. The Bertz CT molecular complexity index is 1750. The Kier molecular flexibility index (Phi) is 7.67. The number of oxime groups is 1. The molecule has 3 aromatic rings. The summed E-state index contributed by atoms with van der Waals surface area (Å²) in [6.45, 7) is 0.0456. The number of carboxylic acids is 1. The molecule has 9 N–H and O–H groups in total. The summed E-state index contributed by atoms with van der Waals surface area (Å²) in [6, 6.07) is 1.34. The van der Waals surface area contributed by atoms with E-state index in [4.69, 9.17) is 22.0 Å². The molecule has 230 valence electrons. The molecule has 0 unspecified atom stereocenters. The number of thioether (sulfide) groups is 1. The minimum atomic E-state index is -1.31. The summed E-state index contributed by atoms with van der Waals surface area (Å²) in [6.07, 6.45) is 4.98. The van der Waals surface area contributed by atoms with Crippen LogP contribution in [-0.4, -0.2) is 81.8 Å². The van der Waals surface area contributed by atoms with Crippen LogP contribution in [0.4, 0.5) is 21.6 Å². The second-order valence-electron chi connectivity index (χ2n) is 10.2. The SMILES string of the molecule is NC(=O)Nc1c[n+](CC2=C(C(=O)O)N3C(=O)[C@@H](NC(=O)/C(=N\OC4CCCC4)c4nsc(N)n4)[C@H]3SC2)c2ccc(N)nn12. The molecule has 2 fully saturated rings. The maximum Gasteiger partial charge on any atom is 0.352 e. The fourth-order valence-electron chi connectivity index (χ4n) is 5.29. The third kappa shape index (κ3) is 5.43. The van der Waals surface area contributed by atoms with Crippen LogP contribution in [-0.2, 0) is 25.8 Å². The number of hydrogen-bond acceptors (Lipinski definition) is 13. The topological polar surface area (TPSA) is 262 Å². The second-order valence-corrected chi connectivity index (χ2v) is 12.1. The molecule has 18 nitrogen and oxygen atoms in total. The zero-order valence-electron chi connectivity index (χ0n) is 22.9. The first-order chi connectivity index (χ1) is 21.1. The number of urea groups is 1. The summed E-state index contributed by atoms with van der Waals surface area (Å²) in [5.74, 6) is -2.07. The first kappa shape index (κ1) is 29.1. The zero-order chi connectivity index (χ0) is 31.1. The van der Waals surface area contributed by atoms with E-state index < -0.39 is 35.2 Å². The predicted molar refractivity (Wildman–Crippen MR) is 157 cm³/mol. The highest BCUT2D eigenvalue weighted by molar-refractivity contribution is 8.00. The number of primary amides is 1. The van der Waals surface area contributed by atoms with E-state index in [1.165, 1.54) is 22.5 Å². The fourth-order valence-corrected chi connectivity index (χ4v) is 7.06. The van der Waals surface area contributed by atoms with E-state index in [-0.39, 0.29) is 52.4 Å². The number of nitrogens with one attached hydrogen (secondary N) is 2. The number of carbonyl (C=O) groups excluding carboxylic acids is 3. The van der Waals surface area contributed by atoms with Crippen molar-refractivity contribution in [2.24, 2.45) is 10.9 Å². The number of aliphatic carboxylic acids is 1. The van der Waals surface area contributed by atoms with Crippen molar-refractivity contribution in [1.29, 1.82) is 0 Å². The summed E-state index contributed by atoms with van der Waals surface area (Å²) in [4.78, 5) is 61.4. The smallest absolute Gasteiger partial charge is 0.352 e. The number of amides is 4. The summed E-state index contributed by atoms with van der Waals surface area (Å²) in [5.41, 5.74) is 17.3. The van der Waals surface area contributed by atoms with Crippen molar-refractivity contribution in [3.05, 3.63) is 35.4 Å². The zero-order valence-corrected chi connectivity index (χ0v) is 24.5. The summed E-state index contributed by atoms with van der Waals surface area (Å²) >= 11 is 2.17. The number of nitrogens with zero attached hydrogens (tertiary/aromatic N) is 7. The van der Waals surface area contributed by atoms with Crippen LogP contribution in [0.25, 0.3) is 5.65 Å². The van der Waals surface area contributed by atoms with Crippen LogP contribution in [0.5, 0.6) is 0 Å². The third-order valence-electron chi connectivity index (χ3n) is 7.25. The number of anilines is 3. The van der Waals surface area contributed by atoms with Gasteiger partial charge in [-0.2, -0.15) is 9.36 Å². The maximum absolute atomic E-state index is 13.3. The van der Waals surface area contributed by atoms with Crippen molar-refractivity contribution in [1.82, 2.24) is 29.2 Å². The van der Waals surface area contributed by atoms with Crippen molar-refractivity contribution in [2.45, 2.75) is 49.7 Å². The Balaban J connectivity index is 1.23. The van der Waals surface area contributed by atoms with Crippen LogP contribution in [0.15, 0.2) is 34.8 Å². The number of nitrogen functional groups attached to an aromatic ring is 2. The van der Waals surface area contributed by atoms with E-state index >= 15 is 0 Å². The van der Waals surface area contributed by atoms with Crippen molar-refractivity contribution < 1.29 is 33.7 Å². The van der Waals surface area contributed by atoms with Crippen LogP contribution < -0.4 is 32.4 Å². The lowest BCUT2D eigenvalue weighted by Crippen LogP contribution is -2.71. The minimum absolute atomic E-state index is 0.0328. The molecule has 0 aromatic carbocycles. The Morgan fingerprint density at radius 2 is 2.00 bits per heavy atom. The Labute approximate surface area is 256 Å². The fraction of sp³-hybridized carbons (Fsp3) is 0.375. The van der Waals surface area contributed by atoms with Gasteiger partial charge in [-0.25, -0.2) is 14.2 Å². The molecule has 0 spiro atoms. The maximum atomic E-state index is 13.3. The molecule has 0 bridgehead atoms.